The van der Waals surface area contributed by atoms with E-state index < -0.39 is 5.41 Å². The van der Waals surface area contributed by atoms with E-state index in [4.69, 9.17) is 5.26 Å². The zero-order chi connectivity index (χ0) is 11.6. The third-order valence-electron chi connectivity index (χ3n) is 2.77. The maximum Gasteiger partial charge on any atom is 0.240 e. The number of rotatable bonds is 3. The fourth-order valence-electron chi connectivity index (χ4n) is 1.55. The second kappa shape index (κ2) is 3.93. The number of aryl methyl sites for hydroxylation is 1. The van der Waals surface area contributed by atoms with E-state index in [0.29, 0.717) is 19.4 Å². The van der Waals surface area contributed by atoms with Crippen LogP contribution in [0.15, 0.2) is 18.2 Å². The highest BCUT2D eigenvalue weighted by molar-refractivity contribution is 5.88. The zero-order valence-electron chi connectivity index (χ0n) is 9.16. The standard InChI is InChI=1S/C12H13N3O/c1-9-3-2-4-10(15-9)7-14-11(16)12(8-13)5-6-12/h2-4H,5-7H2,1H3,(H,14,16). The third-order valence-corrected chi connectivity index (χ3v) is 2.77. The van der Waals surface area contributed by atoms with Gasteiger partial charge in [-0.2, -0.15) is 5.26 Å². The van der Waals surface area contributed by atoms with Gasteiger partial charge in [0.1, 0.15) is 5.41 Å². The molecule has 1 fully saturated rings. The van der Waals surface area contributed by atoms with E-state index >= 15 is 0 Å². The first-order valence-corrected chi connectivity index (χ1v) is 5.28. The van der Waals surface area contributed by atoms with Crippen LogP contribution in [-0.2, 0) is 11.3 Å². The Balaban J connectivity index is 1.94. The summed E-state index contributed by atoms with van der Waals surface area (Å²) in [6, 6.07) is 7.74. The average molecular weight is 215 g/mol. The number of hydrogen-bond donors (Lipinski definition) is 1. The summed E-state index contributed by atoms with van der Waals surface area (Å²) in [7, 11) is 0. The second-order valence-corrected chi connectivity index (χ2v) is 4.15. The molecule has 0 saturated heterocycles. The Morgan fingerprint density at radius 3 is 2.94 bits per heavy atom. The second-order valence-electron chi connectivity index (χ2n) is 4.15. The minimum atomic E-state index is -0.746. The highest BCUT2D eigenvalue weighted by atomic mass is 16.2. The van der Waals surface area contributed by atoms with E-state index in [9.17, 15) is 4.79 Å². The Hall–Kier alpha value is -1.89. The largest absolute Gasteiger partial charge is 0.349 e. The number of aromatic nitrogens is 1. The molecular weight excluding hydrogens is 202 g/mol. The van der Waals surface area contributed by atoms with Crippen LogP contribution in [0.3, 0.4) is 0 Å². The van der Waals surface area contributed by atoms with E-state index in [1.165, 1.54) is 0 Å². The predicted octanol–water partition coefficient (Wildman–Crippen LogP) is 1.31. The minimum Gasteiger partial charge on any atom is -0.349 e. The van der Waals surface area contributed by atoms with Crippen LogP contribution in [-0.4, -0.2) is 10.9 Å². The van der Waals surface area contributed by atoms with Crippen LogP contribution in [0.5, 0.6) is 0 Å². The summed E-state index contributed by atoms with van der Waals surface area (Å²) in [4.78, 5) is 15.9. The van der Waals surface area contributed by atoms with Gasteiger partial charge >= 0.3 is 0 Å². The molecule has 1 aromatic rings. The first kappa shape index (κ1) is 10.6. The van der Waals surface area contributed by atoms with Gasteiger partial charge in [-0.15, -0.1) is 0 Å². The molecule has 0 bridgehead atoms. The molecule has 0 spiro atoms. The molecule has 0 atom stereocenters. The van der Waals surface area contributed by atoms with E-state index in [2.05, 4.69) is 16.4 Å². The van der Waals surface area contributed by atoms with Crippen molar-refractivity contribution in [2.45, 2.75) is 26.3 Å². The quantitative estimate of drug-likeness (QED) is 0.826. The van der Waals surface area contributed by atoms with Crippen molar-refractivity contribution in [2.24, 2.45) is 5.41 Å². The summed E-state index contributed by atoms with van der Waals surface area (Å²) < 4.78 is 0. The highest BCUT2D eigenvalue weighted by Crippen LogP contribution is 2.44. The predicted molar refractivity (Wildman–Crippen MR) is 58.1 cm³/mol. The summed E-state index contributed by atoms with van der Waals surface area (Å²) >= 11 is 0. The number of pyridine rings is 1. The van der Waals surface area contributed by atoms with Gasteiger partial charge in [-0.05, 0) is 31.9 Å². The lowest BCUT2D eigenvalue weighted by molar-refractivity contribution is -0.124. The molecule has 0 aliphatic heterocycles. The molecular formula is C12H13N3O. The molecule has 1 aliphatic rings. The summed E-state index contributed by atoms with van der Waals surface area (Å²) in [5.41, 5.74) is 0.999. The summed E-state index contributed by atoms with van der Waals surface area (Å²) in [5.74, 6) is -0.168. The SMILES string of the molecule is Cc1cccc(CNC(=O)C2(C#N)CC2)n1. The van der Waals surface area contributed by atoms with Gasteiger partial charge in [0.2, 0.25) is 5.91 Å². The topological polar surface area (TPSA) is 65.8 Å². The number of nitrogens with zero attached hydrogens (tertiary/aromatic N) is 2. The van der Waals surface area contributed by atoms with Crippen LogP contribution in [0, 0.1) is 23.7 Å². The Kier molecular flexibility index (Phi) is 2.61. The minimum absolute atomic E-state index is 0.168. The van der Waals surface area contributed by atoms with E-state index in [1.807, 2.05) is 25.1 Å². The van der Waals surface area contributed by atoms with Crippen molar-refractivity contribution >= 4 is 5.91 Å². The van der Waals surface area contributed by atoms with E-state index in [0.717, 1.165) is 11.4 Å². The van der Waals surface area contributed by atoms with Crippen LogP contribution >= 0.6 is 0 Å². The summed E-state index contributed by atoms with van der Waals surface area (Å²) in [5, 5.41) is 11.6. The molecule has 1 saturated carbocycles. The molecule has 1 amide bonds. The van der Waals surface area contributed by atoms with Gasteiger partial charge in [0.05, 0.1) is 18.3 Å². The third kappa shape index (κ3) is 2.03. The fraction of sp³-hybridized carbons (Fsp3) is 0.417. The molecule has 4 nitrogen and oxygen atoms in total. The molecule has 0 aromatic carbocycles. The van der Waals surface area contributed by atoms with Crippen LogP contribution in [0.1, 0.15) is 24.2 Å². The zero-order valence-corrected chi connectivity index (χ0v) is 9.16. The number of carbonyl (C=O) groups is 1. The Morgan fingerprint density at radius 2 is 2.38 bits per heavy atom. The Morgan fingerprint density at radius 1 is 1.62 bits per heavy atom. The van der Waals surface area contributed by atoms with E-state index in [1.54, 1.807) is 0 Å². The lowest BCUT2D eigenvalue weighted by atomic mass is 10.1. The van der Waals surface area contributed by atoms with Gasteiger partial charge in [-0.25, -0.2) is 0 Å². The number of amides is 1. The van der Waals surface area contributed by atoms with Crippen molar-refractivity contribution in [3.05, 3.63) is 29.6 Å². The monoisotopic (exact) mass is 215 g/mol. The fourth-order valence-corrected chi connectivity index (χ4v) is 1.55. The van der Waals surface area contributed by atoms with Crippen LogP contribution < -0.4 is 5.32 Å². The van der Waals surface area contributed by atoms with Crippen molar-refractivity contribution in [3.63, 3.8) is 0 Å². The van der Waals surface area contributed by atoms with Crippen LogP contribution in [0.2, 0.25) is 0 Å². The summed E-state index contributed by atoms with van der Waals surface area (Å²) in [6.07, 6.45) is 1.35. The van der Waals surface area contributed by atoms with Crippen molar-refractivity contribution in [3.8, 4) is 6.07 Å². The first-order valence-electron chi connectivity index (χ1n) is 5.28. The Bertz CT molecular complexity index is 458. The molecule has 1 heterocycles. The smallest absolute Gasteiger partial charge is 0.240 e. The molecule has 16 heavy (non-hydrogen) atoms. The maximum atomic E-state index is 11.7. The maximum absolute atomic E-state index is 11.7. The van der Waals surface area contributed by atoms with Crippen molar-refractivity contribution in [1.29, 1.82) is 5.26 Å². The number of hydrogen-bond acceptors (Lipinski definition) is 3. The summed E-state index contributed by atoms with van der Waals surface area (Å²) in [6.45, 7) is 2.30. The van der Waals surface area contributed by atoms with Gasteiger partial charge in [0.15, 0.2) is 0 Å². The molecule has 0 unspecified atom stereocenters. The molecule has 2 rings (SSSR count). The molecule has 1 aliphatic carbocycles. The molecule has 4 heteroatoms. The van der Waals surface area contributed by atoms with Crippen LogP contribution in [0.4, 0.5) is 0 Å². The molecule has 82 valence electrons. The average Bonchev–Trinajstić information content (AvgIpc) is 3.07. The number of carbonyl (C=O) groups excluding carboxylic acids is 1. The van der Waals surface area contributed by atoms with Gasteiger partial charge in [-0.1, -0.05) is 6.07 Å². The van der Waals surface area contributed by atoms with Crippen molar-refractivity contribution in [1.82, 2.24) is 10.3 Å². The number of nitriles is 1. The van der Waals surface area contributed by atoms with Gasteiger partial charge < -0.3 is 5.32 Å². The first-order chi connectivity index (χ1) is 7.66. The lowest BCUT2D eigenvalue weighted by Crippen LogP contribution is -2.30. The normalized spacial score (nSPS) is 16.2. The molecule has 1 N–H and O–H groups in total. The van der Waals surface area contributed by atoms with Gasteiger partial charge in [0.25, 0.3) is 0 Å². The van der Waals surface area contributed by atoms with Crippen molar-refractivity contribution < 1.29 is 4.79 Å². The molecule has 0 radical (unpaired) electrons. The Labute approximate surface area is 94.3 Å². The van der Waals surface area contributed by atoms with E-state index in [-0.39, 0.29) is 5.91 Å². The van der Waals surface area contributed by atoms with Crippen LogP contribution in [0.25, 0.3) is 0 Å². The number of nitrogens with one attached hydrogen (secondary N) is 1. The van der Waals surface area contributed by atoms with Gasteiger partial charge in [0, 0.05) is 5.69 Å². The highest BCUT2D eigenvalue weighted by Gasteiger charge is 2.50. The van der Waals surface area contributed by atoms with Crippen molar-refractivity contribution in [2.75, 3.05) is 0 Å². The molecule has 1 aromatic heterocycles. The lowest BCUT2D eigenvalue weighted by Gasteiger charge is -2.07. The van der Waals surface area contributed by atoms with Gasteiger partial charge in [-0.3, -0.25) is 9.78 Å².